The molecule has 70 valence electrons. The van der Waals surface area contributed by atoms with Crippen LogP contribution in [0.4, 0.5) is 4.39 Å². The minimum atomic E-state index is -1.63. The maximum Gasteiger partial charge on any atom is 0.332 e. The van der Waals surface area contributed by atoms with Gasteiger partial charge in [-0.15, -0.1) is 0 Å². The van der Waals surface area contributed by atoms with E-state index in [0.29, 0.717) is 0 Å². The molecule has 0 rings (SSSR count). The van der Waals surface area contributed by atoms with Crippen LogP contribution in [-0.4, -0.2) is 18.7 Å². The maximum absolute atomic E-state index is 13.3. The van der Waals surface area contributed by atoms with Gasteiger partial charge in [-0.05, 0) is 13.3 Å². The van der Waals surface area contributed by atoms with Crippen LogP contribution in [0.3, 0.4) is 0 Å². The molecule has 0 aromatic heterocycles. The molecule has 0 saturated heterocycles. The van der Waals surface area contributed by atoms with Crippen LogP contribution in [0.25, 0.3) is 0 Å². The van der Waals surface area contributed by atoms with Crippen molar-refractivity contribution in [3.63, 3.8) is 0 Å². The molecule has 0 aliphatic heterocycles. The Morgan fingerprint density at radius 2 is 2.25 bits per heavy atom. The Bertz CT molecular complexity index is 199. The van der Waals surface area contributed by atoms with Crippen molar-refractivity contribution in [3.8, 4) is 0 Å². The fourth-order valence-corrected chi connectivity index (χ4v) is 0.540. The van der Waals surface area contributed by atoms with Crippen molar-refractivity contribution in [2.75, 3.05) is 7.11 Å². The van der Waals surface area contributed by atoms with Crippen molar-refractivity contribution in [2.45, 2.75) is 25.9 Å². The van der Waals surface area contributed by atoms with Gasteiger partial charge in [-0.25, -0.2) is 9.18 Å². The summed E-state index contributed by atoms with van der Waals surface area (Å²) in [7, 11) is 1.22. The summed E-state index contributed by atoms with van der Waals surface area (Å²) in [6, 6.07) is 0. The van der Waals surface area contributed by atoms with Gasteiger partial charge < -0.3 is 10.5 Å². The van der Waals surface area contributed by atoms with Crippen molar-refractivity contribution >= 4 is 5.97 Å². The fourth-order valence-electron chi connectivity index (χ4n) is 0.540. The van der Waals surface area contributed by atoms with Crippen LogP contribution in [0.2, 0.25) is 0 Å². The van der Waals surface area contributed by atoms with Crippen molar-refractivity contribution in [3.05, 3.63) is 11.8 Å². The number of rotatable bonds is 3. The zero-order chi connectivity index (χ0) is 9.78. The van der Waals surface area contributed by atoms with Crippen LogP contribution in [0.15, 0.2) is 11.8 Å². The molecule has 1 unspecified atom stereocenters. The minimum absolute atomic E-state index is 0.100. The Balaban J connectivity index is 4.46. The summed E-state index contributed by atoms with van der Waals surface area (Å²) in [6.45, 7) is 2.97. The Hall–Kier alpha value is -1.06. The normalized spacial score (nSPS) is 16.8. The number of carbonyl (C=O) groups excluding carboxylic acids is 1. The van der Waals surface area contributed by atoms with E-state index >= 15 is 0 Å². The molecular formula is C8H14FNO2. The monoisotopic (exact) mass is 175 g/mol. The number of nitrogens with two attached hydrogens (primary N) is 1. The Morgan fingerprint density at radius 1 is 1.75 bits per heavy atom. The van der Waals surface area contributed by atoms with Crippen molar-refractivity contribution < 1.29 is 13.9 Å². The molecule has 12 heavy (non-hydrogen) atoms. The molecule has 0 aromatic rings. The molecule has 1 atom stereocenters. The van der Waals surface area contributed by atoms with Crippen LogP contribution in [0.5, 0.6) is 0 Å². The van der Waals surface area contributed by atoms with Gasteiger partial charge in [0.05, 0.1) is 12.8 Å². The minimum Gasteiger partial charge on any atom is -0.466 e. The van der Waals surface area contributed by atoms with Crippen LogP contribution in [-0.2, 0) is 9.53 Å². The molecule has 0 bridgehead atoms. The average molecular weight is 175 g/mol. The van der Waals surface area contributed by atoms with Gasteiger partial charge in [-0.2, -0.15) is 0 Å². The number of hydrogen-bond acceptors (Lipinski definition) is 3. The highest BCUT2D eigenvalue weighted by atomic mass is 19.1. The van der Waals surface area contributed by atoms with Crippen molar-refractivity contribution in [1.82, 2.24) is 0 Å². The lowest BCUT2D eigenvalue weighted by molar-refractivity contribution is -0.135. The van der Waals surface area contributed by atoms with E-state index in [4.69, 9.17) is 5.73 Å². The highest BCUT2D eigenvalue weighted by molar-refractivity contribution is 5.82. The lowest BCUT2D eigenvalue weighted by atomic mass is 10.0. The van der Waals surface area contributed by atoms with E-state index < -0.39 is 11.6 Å². The Labute approximate surface area is 71.4 Å². The first kappa shape index (κ1) is 10.9. The molecule has 2 N–H and O–H groups in total. The third-order valence-corrected chi connectivity index (χ3v) is 1.74. The summed E-state index contributed by atoms with van der Waals surface area (Å²) < 4.78 is 17.6. The molecule has 4 heteroatoms. The van der Waals surface area contributed by atoms with Crippen LogP contribution in [0.1, 0.15) is 20.3 Å². The molecule has 3 nitrogen and oxygen atoms in total. The van der Waals surface area contributed by atoms with Gasteiger partial charge in [0.25, 0.3) is 0 Å². The standard InChI is InChI=1S/C8H14FNO2/c1-4-8(2,9)6(10)5-7(11)12-3/h5H,4,10H2,1-3H3. The summed E-state index contributed by atoms with van der Waals surface area (Å²) in [6.07, 6.45) is 1.19. The molecule has 0 aromatic carbocycles. The van der Waals surface area contributed by atoms with E-state index in [1.807, 2.05) is 0 Å². The first-order valence-electron chi connectivity index (χ1n) is 3.68. The van der Waals surface area contributed by atoms with E-state index in [9.17, 15) is 9.18 Å². The second-order valence-electron chi connectivity index (χ2n) is 2.67. The zero-order valence-electron chi connectivity index (χ0n) is 7.56. The van der Waals surface area contributed by atoms with Crippen LogP contribution >= 0.6 is 0 Å². The Morgan fingerprint density at radius 3 is 2.58 bits per heavy atom. The number of allylic oxidation sites excluding steroid dienone is 1. The van der Waals surface area contributed by atoms with Gasteiger partial charge in [0.1, 0.15) is 5.67 Å². The lowest BCUT2D eigenvalue weighted by Crippen LogP contribution is -2.26. The van der Waals surface area contributed by atoms with Crippen molar-refractivity contribution in [2.24, 2.45) is 5.73 Å². The van der Waals surface area contributed by atoms with E-state index in [2.05, 4.69) is 4.74 Å². The molecule has 0 heterocycles. The average Bonchev–Trinajstić information content (AvgIpc) is 2.04. The number of halogens is 1. The molecule has 0 amide bonds. The predicted molar refractivity (Wildman–Crippen MR) is 44.1 cm³/mol. The Kier molecular flexibility index (Phi) is 3.73. The first-order valence-corrected chi connectivity index (χ1v) is 3.68. The fraction of sp³-hybridized carbons (Fsp3) is 0.625. The van der Waals surface area contributed by atoms with Crippen LogP contribution < -0.4 is 5.73 Å². The van der Waals surface area contributed by atoms with E-state index in [-0.39, 0.29) is 12.1 Å². The molecular weight excluding hydrogens is 161 g/mol. The van der Waals surface area contributed by atoms with E-state index in [1.165, 1.54) is 14.0 Å². The molecule has 0 saturated carbocycles. The molecule has 0 aliphatic carbocycles. The molecule has 0 radical (unpaired) electrons. The smallest absolute Gasteiger partial charge is 0.332 e. The maximum atomic E-state index is 13.3. The summed E-state index contributed by atoms with van der Waals surface area (Å²) in [5.41, 5.74) is 3.59. The van der Waals surface area contributed by atoms with Gasteiger partial charge in [0.15, 0.2) is 0 Å². The second kappa shape index (κ2) is 4.09. The van der Waals surface area contributed by atoms with Gasteiger partial charge in [-0.1, -0.05) is 6.92 Å². The quantitative estimate of drug-likeness (QED) is 0.517. The van der Waals surface area contributed by atoms with Gasteiger partial charge in [0, 0.05) is 6.08 Å². The molecule has 0 aliphatic rings. The third-order valence-electron chi connectivity index (χ3n) is 1.74. The lowest BCUT2D eigenvalue weighted by Gasteiger charge is -2.17. The summed E-state index contributed by atoms with van der Waals surface area (Å²) in [4.78, 5) is 10.6. The largest absolute Gasteiger partial charge is 0.466 e. The predicted octanol–water partition coefficient (Wildman–Crippen LogP) is 1.14. The summed E-state index contributed by atoms with van der Waals surface area (Å²) in [5.74, 6) is -0.634. The number of hydrogen-bond donors (Lipinski definition) is 1. The summed E-state index contributed by atoms with van der Waals surface area (Å²) in [5, 5.41) is 0. The molecule has 0 fully saturated rings. The highest BCUT2D eigenvalue weighted by Gasteiger charge is 2.24. The number of carbonyl (C=O) groups is 1. The first-order chi connectivity index (χ1) is 5.44. The van der Waals surface area contributed by atoms with E-state index in [1.54, 1.807) is 6.92 Å². The van der Waals surface area contributed by atoms with Gasteiger partial charge in [0.2, 0.25) is 0 Å². The van der Waals surface area contributed by atoms with E-state index in [0.717, 1.165) is 6.08 Å². The topological polar surface area (TPSA) is 52.3 Å². The van der Waals surface area contributed by atoms with Crippen molar-refractivity contribution in [1.29, 1.82) is 0 Å². The van der Waals surface area contributed by atoms with Crippen LogP contribution in [0, 0.1) is 0 Å². The highest BCUT2D eigenvalue weighted by Crippen LogP contribution is 2.20. The third kappa shape index (κ3) is 2.90. The van der Waals surface area contributed by atoms with Gasteiger partial charge >= 0.3 is 5.97 Å². The SMILES string of the molecule is CCC(C)(F)C(N)=CC(=O)OC. The van der Waals surface area contributed by atoms with Gasteiger partial charge in [-0.3, -0.25) is 0 Å². The number of esters is 1. The number of alkyl halides is 1. The zero-order valence-corrected chi connectivity index (χ0v) is 7.56. The number of ether oxygens (including phenoxy) is 1. The second-order valence-corrected chi connectivity index (χ2v) is 2.67. The molecule has 0 spiro atoms. The number of methoxy groups -OCH3 is 1. The summed E-state index contributed by atoms with van der Waals surface area (Å²) >= 11 is 0.